The number of sulfonamides is 1. The molecular weight excluding hydrogens is 390 g/mol. The summed E-state index contributed by atoms with van der Waals surface area (Å²) in [7, 11) is -2.36. The normalized spacial score (nSPS) is 15.6. The number of piperidine rings is 1. The second kappa shape index (κ2) is 9.03. The van der Waals surface area contributed by atoms with E-state index in [1.54, 1.807) is 4.90 Å². The minimum atomic E-state index is -3.67. The quantitative estimate of drug-likeness (QED) is 0.769. The van der Waals surface area contributed by atoms with E-state index in [2.05, 4.69) is 4.72 Å². The molecule has 9 heteroatoms. The highest BCUT2D eigenvalue weighted by Crippen LogP contribution is 2.25. The summed E-state index contributed by atoms with van der Waals surface area (Å²) in [6.45, 7) is 6.14. The molecule has 7 nitrogen and oxygen atoms in total. The fourth-order valence-electron chi connectivity index (χ4n) is 3.25. The lowest BCUT2D eigenvalue weighted by molar-refractivity contribution is -0.136. The first-order valence-corrected chi connectivity index (χ1v) is 10.9. The van der Waals surface area contributed by atoms with Gasteiger partial charge >= 0.3 is 0 Å². The molecule has 1 aromatic carbocycles. The van der Waals surface area contributed by atoms with E-state index in [1.807, 2.05) is 18.7 Å². The summed E-state index contributed by atoms with van der Waals surface area (Å²) in [4.78, 5) is 28.7. The second-order valence-electron chi connectivity index (χ2n) is 6.43. The monoisotopic (exact) mass is 415 g/mol. The SMILES string of the molecule is CCN(CC)C(=O)C1CCN(C(=O)c2cc(S(=O)(=O)NC)ccc2Cl)CC1. The maximum atomic E-state index is 12.8. The van der Waals surface area contributed by atoms with Crippen LogP contribution in [0.2, 0.25) is 5.02 Å². The van der Waals surface area contributed by atoms with Crippen molar-refractivity contribution in [2.75, 3.05) is 33.2 Å². The minimum absolute atomic E-state index is 0.00986. The smallest absolute Gasteiger partial charge is 0.255 e. The topological polar surface area (TPSA) is 86.8 Å². The van der Waals surface area contributed by atoms with Crippen molar-refractivity contribution in [3.8, 4) is 0 Å². The molecule has 1 aliphatic rings. The highest BCUT2D eigenvalue weighted by atomic mass is 35.5. The fourth-order valence-corrected chi connectivity index (χ4v) is 4.20. The molecule has 27 heavy (non-hydrogen) atoms. The number of carbonyl (C=O) groups is 2. The van der Waals surface area contributed by atoms with E-state index >= 15 is 0 Å². The van der Waals surface area contributed by atoms with Crippen molar-refractivity contribution in [1.29, 1.82) is 0 Å². The first kappa shape index (κ1) is 21.7. The lowest BCUT2D eigenvalue weighted by Gasteiger charge is -2.34. The molecule has 0 spiro atoms. The Morgan fingerprint density at radius 2 is 1.81 bits per heavy atom. The molecule has 0 aliphatic carbocycles. The average molecular weight is 416 g/mol. The fraction of sp³-hybridized carbons (Fsp3) is 0.556. The molecule has 1 saturated heterocycles. The summed E-state index contributed by atoms with van der Waals surface area (Å²) >= 11 is 6.14. The van der Waals surface area contributed by atoms with Crippen LogP contribution in [0.4, 0.5) is 0 Å². The number of carbonyl (C=O) groups excluding carboxylic acids is 2. The predicted octanol–water partition coefficient (Wildman–Crippen LogP) is 1.97. The Morgan fingerprint density at radius 1 is 1.22 bits per heavy atom. The molecule has 2 rings (SSSR count). The van der Waals surface area contributed by atoms with Crippen molar-refractivity contribution in [3.63, 3.8) is 0 Å². The second-order valence-corrected chi connectivity index (χ2v) is 8.72. The molecule has 1 aromatic rings. The van der Waals surface area contributed by atoms with Crippen molar-refractivity contribution < 1.29 is 18.0 Å². The van der Waals surface area contributed by atoms with Crippen LogP contribution in [0.1, 0.15) is 37.0 Å². The summed E-state index contributed by atoms with van der Waals surface area (Å²) in [5.41, 5.74) is 0.154. The third-order valence-corrected chi connectivity index (χ3v) is 6.70. The molecule has 0 saturated carbocycles. The van der Waals surface area contributed by atoms with Crippen LogP contribution in [0.15, 0.2) is 23.1 Å². The van der Waals surface area contributed by atoms with E-state index in [-0.39, 0.29) is 33.2 Å². The molecule has 0 aromatic heterocycles. The van der Waals surface area contributed by atoms with Crippen molar-refractivity contribution >= 4 is 33.4 Å². The van der Waals surface area contributed by atoms with E-state index in [4.69, 9.17) is 11.6 Å². The highest BCUT2D eigenvalue weighted by molar-refractivity contribution is 7.89. The zero-order valence-corrected chi connectivity index (χ0v) is 17.4. The number of likely N-dealkylation sites (tertiary alicyclic amines) is 1. The van der Waals surface area contributed by atoms with Crippen LogP contribution in [0.5, 0.6) is 0 Å². The van der Waals surface area contributed by atoms with E-state index in [0.717, 1.165) is 0 Å². The average Bonchev–Trinajstić information content (AvgIpc) is 2.68. The van der Waals surface area contributed by atoms with Crippen molar-refractivity contribution in [2.45, 2.75) is 31.6 Å². The van der Waals surface area contributed by atoms with Crippen molar-refractivity contribution in [2.24, 2.45) is 5.92 Å². The van der Waals surface area contributed by atoms with Crippen LogP contribution in [0.3, 0.4) is 0 Å². The molecule has 0 atom stereocenters. The van der Waals surface area contributed by atoms with Gasteiger partial charge in [-0.1, -0.05) is 11.6 Å². The number of nitrogens with zero attached hydrogens (tertiary/aromatic N) is 2. The van der Waals surface area contributed by atoms with Gasteiger partial charge in [-0.15, -0.1) is 0 Å². The number of hydrogen-bond donors (Lipinski definition) is 1. The van der Waals surface area contributed by atoms with Gasteiger partial charge in [0.1, 0.15) is 0 Å². The molecule has 150 valence electrons. The van der Waals surface area contributed by atoms with Crippen LogP contribution in [-0.4, -0.2) is 63.3 Å². The van der Waals surface area contributed by atoms with E-state index in [0.29, 0.717) is 39.0 Å². The highest BCUT2D eigenvalue weighted by Gasteiger charge is 2.30. The van der Waals surface area contributed by atoms with Gasteiger partial charge in [0.05, 0.1) is 15.5 Å². The standard InChI is InChI=1S/C18H26ClN3O4S/c1-4-21(5-2)17(23)13-8-10-22(11-9-13)18(24)15-12-14(6-7-16(15)19)27(25,26)20-3/h6-7,12-13,20H,4-5,8-11H2,1-3H3. The molecule has 1 fully saturated rings. The summed E-state index contributed by atoms with van der Waals surface area (Å²) in [6, 6.07) is 4.07. The summed E-state index contributed by atoms with van der Waals surface area (Å²) in [5.74, 6) is -0.269. The first-order valence-electron chi connectivity index (χ1n) is 9.06. The van der Waals surface area contributed by atoms with Crippen LogP contribution in [-0.2, 0) is 14.8 Å². The number of hydrogen-bond acceptors (Lipinski definition) is 4. The largest absolute Gasteiger partial charge is 0.343 e. The van der Waals surface area contributed by atoms with Gasteiger partial charge in [-0.25, -0.2) is 13.1 Å². The number of amides is 2. The van der Waals surface area contributed by atoms with Crippen LogP contribution < -0.4 is 4.72 Å². The number of benzene rings is 1. The molecule has 1 aliphatic heterocycles. The Labute approximate surface area is 165 Å². The molecular formula is C18H26ClN3O4S. The van der Waals surface area contributed by atoms with Gasteiger partial charge in [-0.2, -0.15) is 0 Å². The van der Waals surface area contributed by atoms with Gasteiger partial charge in [0, 0.05) is 32.1 Å². The summed E-state index contributed by atoms with van der Waals surface area (Å²) in [5, 5.41) is 0.205. The number of halogens is 1. The number of rotatable bonds is 6. The van der Waals surface area contributed by atoms with Gasteiger partial charge in [0.25, 0.3) is 5.91 Å². The molecule has 1 N–H and O–H groups in total. The Morgan fingerprint density at radius 3 is 2.33 bits per heavy atom. The Balaban J connectivity index is 2.12. The first-order chi connectivity index (χ1) is 12.7. The molecule has 2 amide bonds. The maximum Gasteiger partial charge on any atom is 0.255 e. The van der Waals surface area contributed by atoms with Crippen LogP contribution in [0.25, 0.3) is 0 Å². The number of nitrogens with one attached hydrogen (secondary N) is 1. The third kappa shape index (κ3) is 4.80. The minimum Gasteiger partial charge on any atom is -0.343 e. The molecule has 0 unspecified atom stereocenters. The summed E-state index contributed by atoms with van der Waals surface area (Å²) < 4.78 is 26.2. The van der Waals surface area contributed by atoms with Gasteiger partial charge in [-0.3, -0.25) is 9.59 Å². The van der Waals surface area contributed by atoms with E-state index in [9.17, 15) is 18.0 Å². The van der Waals surface area contributed by atoms with Crippen molar-refractivity contribution in [1.82, 2.24) is 14.5 Å². The van der Waals surface area contributed by atoms with E-state index < -0.39 is 10.0 Å². The van der Waals surface area contributed by atoms with Crippen molar-refractivity contribution in [3.05, 3.63) is 28.8 Å². The Kier molecular flexibility index (Phi) is 7.25. The Hall–Kier alpha value is -1.64. The third-order valence-electron chi connectivity index (χ3n) is 4.95. The lowest BCUT2D eigenvalue weighted by Crippen LogP contribution is -2.44. The van der Waals surface area contributed by atoms with E-state index in [1.165, 1.54) is 25.2 Å². The van der Waals surface area contributed by atoms with Crippen LogP contribution >= 0.6 is 11.6 Å². The summed E-state index contributed by atoms with van der Waals surface area (Å²) in [6.07, 6.45) is 1.18. The molecule has 0 bridgehead atoms. The lowest BCUT2D eigenvalue weighted by atomic mass is 9.94. The van der Waals surface area contributed by atoms with Gasteiger partial charge < -0.3 is 9.80 Å². The predicted molar refractivity (Wildman–Crippen MR) is 104 cm³/mol. The maximum absolute atomic E-state index is 12.8. The van der Waals surface area contributed by atoms with Gasteiger partial charge in [0.15, 0.2) is 0 Å². The molecule has 0 radical (unpaired) electrons. The zero-order chi connectivity index (χ0) is 20.2. The van der Waals surface area contributed by atoms with Gasteiger partial charge in [0.2, 0.25) is 15.9 Å². The zero-order valence-electron chi connectivity index (χ0n) is 15.9. The molecule has 1 heterocycles. The van der Waals surface area contributed by atoms with Crippen LogP contribution in [0, 0.1) is 5.92 Å². The van der Waals surface area contributed by atoms with Gasteiger partial charge in [-0.05, 0) is 51.9 Å². The Bertz CT molecular complexity index is 801.